The lowest BCUT2D eigenvalue weighted by Gasteiger charge is -2.27. The molecular formula is C13H14ClFN2O4S. The van der Waals surface area contributed by atoms with Crippen LogP contribution in [0.1, 0.15) is 12.8 Å². The van der Waals surface area contributed by atoms with Crippen molar-refractivity contribution < 1.29 is 22.4 Å². The van der Waals surface area contributed by atoms with Crippen LogP contribution in [0.3, 0.4) is 0 Å². The smallest absolute Gasteiger partial charge is 0.266 e. The Morgan fingerprint density at radius 1 is 1.45 bits per heavy atom. The predicted molar refractivity (Wildman–Crippen MR) is 77.1 cm³/mol. The first-order valence-corrected chi connectivity index (χ1v) is 8.32. The molecule has 6 nitrogen and oxygen atoms in total. The highest BCUT2D eigenvalue weighted by atomic mass is 35.5. The number of carbonyl (C=O) groups excluding carboxylic acids is 2. The third-order valence-corrected chi connectivity index (χ3v) is 5.06. The molecule has 1 aliphatic heterocycles. The molecule has 0 saturated carbocycles. The summed E-state index contributed by atoms with van der Waals surface area (Å²) >= 11 is 5.56. The maximum atomic E-state index is 13.7. The number of hydrogen-bond acceptors (Lipinski definition) is 4. The minimum Gasteiger partial charge on any atom is -0.346 e. The van der Waals surface area contributed by atoms with Gasteiger partial charge in [-0.25, -0.2) is 17.5 Å². The highest BCUT2D eigenvalue weighted by Gasteiger charge is 2.32. The van der Waals surface area contributed by atoms with E-state index in [-0.39, 0.29) is 17.4 Å². The van der Waals surface area contributed by atoms with Crippen molar-refractivity contribution in [2.45, 2.75) is 17.7 Å². The second-order valence-electron chi connectivity index (χ2n) is 5.05. The van der Waals surface area contributed by atoms with Crippen LogP contribution in [0.15, 0.2) is 23.1 Å². The van der Waals surface area contributed by atoms with Gasteiger partial charge in [0.05, 0.1) is 0 Å². The Labute approximate surface area is 132 Å². The minimum absolute atomic E-state index is 0.0451. The zero-order valence-corrected chi connectivity index (χ0v) is 13.2. The lowest BCUT2D eigenvalue weighted by molar-refractivity contribution is -0.138. The molecule has 0 spiro atoms. The van der Waals surface area contributed by atoms with Crippen LogP contribution in [0.5, 0.6) is 0 Å². The first kappa shape index (κ1) is 16.7. The van der Waals surface area contributed by atoms with Crippen molar-refractivity contribution in [2.75, 3.05) is 13.6 Å². The van der Waals surface area contributed by atoms with E-state index in [1.54, 1.807) is 7.05 Å². The van der Waals surface area contributed by atoms with E-state index < -0.39 is 32.6 Å². The summed E-state index contributed by atoms with van der Waals surface area (Å²) in [5, 5.41) is 0.0451. The van der Waals surface area contributed by atoms with Crippen molar-refractivity contribution in [3.8, 4) is 0 Å². The second kappa shape index (κ2) is 6.21. The lowest BCUT2D eigenvalue weighted by atomic mass is 9.96. The molecule has 1 aliphatic rings. The Morgan fingerprint density at radius 2 is 2.14 bits per heavy atom. The van der Waals surface area contributed by atoms with E-state index in [1.807, 2.05) is 4.72 Å². The van der Waals surface area contributed by atoms with E-state index in [1.165, 1.54) is 11.0 Å². The minimum atomic E-state index is -4.35. The third kappa shape index (κ3) is 3.56. The molecule has 1 aromatic rings. The molecule has 0 radical (unpaired) electrons. The summed E-state index contributed by atoms with van der Waals surface area (Å²) in [4.78, 5) is 24.4. The summed E-state index contributed by atoms with van der Waals surface area (Å²) in [6.45, 7) is 0.367. The SMILES string of the molecule is CN1CCC(C(=O)NS(=O)(=O)c2ccc(Cl)cc2F)CC1=O. The van der Waals surface area contributed by atoms with Crippen LogP contribution in [-0.4, -0.2) is 38.7 Å². The Balaban J connectivity index is 2.15. The highest BCUT2D eigenvalue weighted by molar-refractivity contribution is 7.90. The van der Waals surface area contributed by atoms with Gasteiger partial charge in [-0.1, -0.05) is 11.6 Å². The molecule has 1 N–H and O–H groups in total. The monoisotopic (exact) mass is 348 g/mol. The number of benzene rings is 1. The van der Waals surface area contributed by atoms with Gasteiger partial charge in [-0.15, -0.1) is 0 Å². The lowest BCUT2D eigenvalue weighted by Crippen LogP contribution is -2.43. The van der Waals surface area contributed by atoms with Crippen molar-refractivity contribution in [1.82, 2.24) is 9.62 Å². The normalized spacial score (nSPS) is 19.1. The Kier molecular flexibility index (Phi) is 4.72. The molecule has 0 aliphatic carbocycles. The van der Waals surface area contributed by atoms with E-state index in [0.29, 0.717) is 13.0 Å². The molecule has 2 rings (SSSR count). The van der Waals surface area contributed by atoms with Gasteiger partial charge < -0.3 is 4.90 Å². The van der Waals surface area contributed by atoms with Crippen molar-refractivity contribution in [3.63, 3.8) is 0 Å². The molecule has 1 aromatic carbocycles. The average Bonchev–Trinajstić information content (AvgIpc) is 2.40. The highest BCUT2D eigenvalue weighted by Crippen LogP contribution is 2.21. The summed E-state index contributed by atoms with van der Waals surface area (Å²) in [5.74, 6) is -2.83. The second-order valence-corrected chi connectivity index (χ2v) is 7.14. The van der Waals surface area contributed by atoms with Gasteiger partial charge in [0.25, 0.3) is 10.0 Å². The molecule has 0 aromatic heterocycles. The molecule has 1 saturated heterocycles. The van der Waals surface area contributed by atoms with Crippen LogP contribution >= 0.6 is 11.6 Å². The molecule has 2 amide bonds. The zero-order chi connectivity index (χ0) is 16.5. The Morgan fingerprint density at radius 3 is 2.73 bits per heavy atom. The molecular weight excluding hydrogens is 335 g/mol. The van der Waals surface area contributed by atoms with Crippen molar-refractivity contribution in [2.24, 2.45) is 5.92 Å². The van der Waals surface area contributed by atoms with Crippen molar-refractivity contribution >= 4 is 33.4 Å². The van der Waals surface area contributed by atoms with Gasteiger partial charge in [0.1, 0.15) is 10.7 Å². The molecule has 120 valence electrons. The summed E-state index contributed by atoms with van der Waals surface area (Å²) in [6, 6.07) is 3.04. The van der Waals surface area contributed by atoms with Gasteiger partial charge in [-0.3, -0.25) is 9.59 Å². The predicted octanol–water partition coefficient (Wildman–Crippen LogP) is 1.15. The maximum absolute atomic E-state index is 13.7. The summed E-state index contributed by atoms with van der Waals surface area (Å²) in [6.07, 6.45) is 0.285. The molecule has 9 heteroatoms. The fourth-order valence-electron chi connectivity index (χ4n) is 2.13. The van der Waals surface area contributed by atoms with Gasteiger partial charge in [0.2, 0.25) is 11.8 Å². The van der Waals surface area contributed by atoms with Crippen LogP contribution < -0.4 is 4.72 Å². The summed E-state index contributed by atoms with van der Waals surface area (Å²) < 4.78 is 39.6. The van der Waals surface area contributed by atoms with Gasteiger partial charge in [-0.05, 0) is 24.6 Å². The van der Waals surface area contributed by atoms with E-state index >= 15 is 0 Å². The van der Waals surface area contributed by atoms with Crippen molar-refractivity contribution in [1.29, 1.82) is 0 Å². The first-order chi connectivity index (χ1) is 10.2. The van der Waals surface area contributed by atoms with Crippen LogP contribution in [0.4, 0.5) is 4.39 Å². The Bertz CT molecular complexity index is 723. The fraction of sp³-hybridized carbons (Fsp3) is 0.385. The van der Waals surface area contributed by atoms with E-state index in [4.69, 9.17) is 11.6 Å². The quantitative estimate of drug-likeness (QED) is 0.888. The number of sulfonamides is 1. The number of nitrogens with one attached hydrogen (secondary N) is 1. The number of hydrogen-bond donors (Lipinski definition) is 1. The molecule has 1 atom stereocenters. The van der Waals surface area contributed by atoms with Gasteiger partial charge in [-0.2, -0.15) is 0 Å². The van der Waals surface area contributed by atoms with Crippen LogP contribution in [0.2, 0.25) is 5.02 Å². The van der Waals surface area contributed by atoms with E-state index in [0.717, 1.165) is 12.1 Å². The van der Waals surface area contributed by atoms with Crippen molar-refractivity contribution in [3.05, 3.63) is 29.0 Å². The first-order valence-electron chi connectivity index (χ1n) is 6.46. The van der Waals surface area contributed by atoms with Crippen LogP contribution in [0, 0.1) is 11.7 Å². The molecule has 1 fully saturated rings. The molecule has 1 heterocycles. The number of nitrogens with zero attached hydrogens (tertiary/aromatic N) is 1. The third-order valence-electron chi connectivity index (χ3n) is 3.45. The van der Waals surface area contributed by atoms with Crippen LogP contribution in [0.25, 0.3) is 0 Å². The fourth-order valence-corrected chi connectivity index (χ4v) is 3.39. The number of amides is 2. The molecule has 22 heavy (non-hydrogen) atoms. The number of piperidine rings is 1. The Hall–Kier alpha value is -1.67. The topological polar surface area (TPSA) is 83.6 Å². The number of rotatable bonds is 3. The average molecular weight is 349 g/mol. The number of carbonyl (C=O) groups is 2. The summed E-state index contributed by atoms with van der Waals surface area (Å²) in [7, 11) is -2.74. The summed E-state index contributed by atoms with van der Waals surface area (Å²) in [5.41, 5.74) is 0. The number of likely N-dealkylation sites (tertiary alicyclic amines) is 1. The zero-order valence-electron chi connectivity index (χ0n) is 11.7. The molecule has 0 bridgehead atoms. The molecule has 1 unspecified atom stereocenters. The van der Waals surface area contributed by atoms with E-state index in [2.05, 4.69) is 0 Å². The standard InChI is InChI=1S/C13H14ClFN2O4S/c1-17-5-4-8(6-12(17)18)13(19)16-22(20,21)11-3-2-9(14)7-10(11)15/h2-3,7-8H,4-6H2,1H3,(H,16,19). The van der Waals surface area contributed by atoms with Gasteiger partial charge in [0, 0.05) is 31.0 Å². The van der Waals surface area contributed by atoms with Crippen LogP contribution in [-0.2, 0) is 19.6 Å². The van der Waals surface area contributed by atoms with Gasteiger partial charge in [0.15, 0.2) is 0 Å². The maximum Gasteiger partial charge on any atom is 0.266 e. The van der Waals surface area contributed by atoms with Gasteiger partial charge >= 0.3 is 0 Å². The largest absolute Gasteiger partial charge is 0.346 e. The number of halogens is 2. The van der Waals surface area contributed by atoms with E-state index in [9.17, 15) is 22.4 Å².